The number of hydrogen-bond donors (Lipinski definition) is 1. The van der Waals surface area contributed by atoms with E-state index in [0.717, 1.165) is 12.1 Å². The number of nitrogens with two attached hydrogens (primary N) is 1. The van der Waals surface area contributed by atoms with Gasteiger partial charge in [0, 0.05) is 6.54 Å². The molecular weight excluding hydrogens is 198 g/mol. The van der Waals surface area contributed by atoms with Gasteiger partial charge in [-0.15, -0.1) is 0 Å². The van der Waals surface area contributed by atoms with Gasteiger partial charge in [-0.3, -0.25) is 0 Å². The summed E-state index contributed by atoms with van der Waals surface area (Å²) in [5.41, 5.74) is 1.84. The SMILES string of the molecule is NCc1ccc(F)c(C(F)(F)P)c1. The van der Waals surface area contributed by atoms with Crippen LogP contribution in [0.5, 0.6) is 0 Å². The summed E-state index contributed by atoms with van der Waals surface area (Å²) in [6.07, 6.45) is 0. The van der Waals surface area contributed by atoms with E-state index in [-0.39, 0.29) is 6.54 Å². The molecule has 0 aliphatic carbocycles. The van der Waals surface area contributed by atoms with Crippen LogP contribution in [0, 0.1) is 5.82 Å². The molecule has 13 heavy (non-hydrogen) atoms. The second-order valence-corrected chi connectivity index (χ2v) is 3.37. The zero-order chi connectivity index (χ0) is 10.1. The van der Waals surface area contributed by atoms with Crippen molar-refractivity contribution in [2.75, 3.05) is 0 Å². The highest BCUT2D eigenvalue weighted by molar-refractivity contribution is 7.17. The zero-order valence-corrected chi connectivity index (χ0v) is 7.88. The van der Waals surface area contributed by atoms with Crippen LogP contribution in [0.4, 0.5) is 13.2 Å². The lowest BCUT2D eigenvalue weighted by Gasteiger charge is -2.12. The van der Waals surface area contributed by atoms with E-state index in [2.05, 4.69) is 0 Å². The molecule has 0 spiro atoms. The van der Waals surface area contributed by atoms with Gasteiger partial charge in [0.05, 0.1) is 5.56 Å². The third-order valence-corrected chi connectivity index (χ3v) is 1.94. The smallest absolute Gasteiger partial charge is 0.286 e. The van der Waals surface area contributed by atoms with Gasteiger partial charge < -0.3 is 5.73 Å². The molecule has 1 atom stereocenters. The largest absolute Gasteiger partial charge is 0.326 e. The number of halogens is 3. The first-order valence-electron chi connectivity index (χ1n) is 3.61. The van der Waals surface area contributed by atoms with Gasteiger partial charge >= 0.3 is 0 Å². The fraction of sp³-hybridized carbons (Fsp3) is 0.250. The number of rotatable bonds is 2. The van der Waals surface area contributed by atoms with Crippen molar-refractivity contribution in [1.29, 1.82) is 0 Å². The lowest BCUT2D eigenvalue weighted by atomic mass is 10.1. The highest BCUT2D eigenvalue weighted by Crippen LogP contribution is 2.36. The Labute approximate surface area is 76.3 Å². The first kappa shape index (κ1) is 10.5. The molecule has 0 aromatic heterocycles. The Balaban J connectivity index is 3.19. The van der Waals surface area contributed by atoms with E-state index in [9.17, 15) is 13.2 Å². The van der Waals surface area contributed by atoms with Crippen molar-refractivity contribution in [1.82, 2.24) is 0 Å². The summed E-state index contributed by atoms with van der Waals surface area (Å²) in [6, 6.07) is 3.45. The molecule has 1 nitrogen and oxygen atoms in total. The second-order valence-electron chi connectivity index (χ2n) is 2.64. The van der Waals surface area contributed by atoms with Gasteiger partial charge in [-0.1, -0.05) is 15.3 Å². The first-order valence-corrected chi connectivity index (χ1v) is 4.18. The Kier molecular flexibility index (Phi) is 2.94. The van der Waals surface area contributed by atoms with Gasteiger partial charge in [0.2, 0.25) is 0 Å². The molecule has 5 heteroatoms. The summed E-state index contributed by atoms with van der Waals surface area (Å²) in [5.74, 6) is -0.919. The highest BCUT2D eigenvalue weighted by atomic mass is 31.0. The van der Waals surface area contributed by atoms with E-state index >= 15 is 0 Å². The average Bonchev–Trinajstić information content (AvgIpc) is 2.03. The van der Waals surface area contributed by atoms with E-state index in [1.165, 1.54) is 15.3 Å². The molecular formula is C8H9F3NP. The van der Waals surface area contributed by atoms with Gasteiger partial charge in [0.15, 0.2) is 0 Å². The third-order valence-electron chi connectivity index (χ3n) is 1.63. The van der Waals surface area contributed by atoms with Crippen LogP contribution in [0.3, 0.4) is 0 Å². The molecule has 0 fully saturated rings. The van der Waals surface area contributed by atoms with Gasteiger partial charge in [0.25, 0.3) is 5.66 Å². The Bertz CT molecular complexity index is 309. The average molecular weight is 207 g/mol. The molecule has 1 rings (SSSR count). The quantitative estimate of drug-likeness (QED) is 0.739. The summed E-state index contributed by atoms with van der Waals surface area (Å²) in [4.78, 5) is 0. The van der Waals surface area contributed by atoms with Crippen LogP contribution >= 0.6 is 9.24 Å². The van der Waals surface area contributed by atoms with Crippen LogP contribution in [0.25, 0.3) is 0 Å². The predicted octanol–water partition coefficient (Wildman–Crippen LogP) is 2.21. The highest BCUT2D eigenvalue weighted by Gasteiger charge is 2.28. The van der Waals surface area contributed by atoms with Crippen LogP contribution in [0.15, 0.2) is 18.2 Å². The third kappa shape index (κ3) is 2.42. The van der Waals surface area contributed by atoms with E-state index in [4.69, 9.17) is 5.73 Å². The van der Waals surface area contributed by atoms with Gasteiger partial charge in [-0.2, -0.15) is 8.78 Å². The van der Waals surface area contributed by atoms with Crippen molar-refractivity contribution < 1.29 is 13.2 Å². The molecule has 0 aliphatic heterocycles. The van der Waals surface area contributed by atoms with Crippen LogP contribution in [0.1, 0.15) is 11.1 Å². The Morgan fingerprint density at radius 1 is 1.38 bits per heavy atom. The van der Waals surface area contributed by atoms with Crippen molar-refractivity contribution in [3.8, 4) is 0 Å². The topological polar surface area (TPSA) is 26.0 Å². The van der Waals surface area contributed by atoms with E-state index in [1.54, 1.807) is 0 Å². The Hall–Kier alpha value is -0.600. The minimum absolute atomic E-state index is 0.119. The molecule has 72 valence electrons. The lowest BCUT2D eigenvalue weighted by Crippen LogP contribution is -2.08. The summed E-state index contributed by atoms with van der Waals surface area (Å²) >= 11 is 0. The van der Waals surface area contributed by atoms with Gasteiger partial charge in [-0.05, 0) is 17.7 Å². The van der Waals surface area contributed by atoms with E-state index < -0.39 is 17.0 Å². The molecule has 1 aromatic rings. The van der Waals surface area contributed by atoms with Gasteiger partial charge in [0.1, 0.15) is 5.82 Å². The van der Waals surface area contributed by atoms with Crippen molar-refractivity contribution in [2.45, 2.75) is 12.2 Å². The van der Waals surface area contributed by atoms with Crippen molar-refractivity contribution in [3.05, 3.63) is 35.1 Å². The van der Waals surface area contributed by atoms with Crippen LogP contribution < -0.4 is 5.73 Å². The molecule has 0 saturated carbocycles. The number of alkyl halides is 2. The fourth-order valence-corrected chi connectivity index (χ4v) is 1.18. The fourth-order valence-electron chi connectivity index (χ4n) is 0.955. The summed E-state index contributed by atoms with van der Waals surface area (Å²) < 4.78 is 38.3. The molecule has 0 bridgehead atoms. The summed E-state index contributed by atoms with van der Waals surface area (Å²) in [6.45, 7) is 0.119. The molecule has 0 radical (unpaired) electrons. The Morgan fingerprint density at radius 3 is 2.46 bits per heavy atom. The molecule has 0 aliphatic rings. The predicted molar refractivity (Wildman–Crippen MR) is 47.9 cm³/mol. The molecule has 1 unspecified atom stereocenters. The zero-order valence-electron chi connectivity index (χ0n) is 6.73. The maximum absolute atomic E-state index is 12.9. The number of hydrogen-bond acceptors (Lipinski definition) is 1. The van der Waals surface area contributed by atoms with Gasteiger partial charge in [-0.25, -0.2) is 4.39 Å². The van der Waals surface area contributed by atoms with E-state index in [1.807, 2.05) is 0 Å². The number of benzene rings is 1. The van der Waals surface area contributed by atoms with Crippen LogP contribution in [-0.2, 0) is 12.2 Å². The minimum Gasteiger partial charge on any atom is -0.326 e. The minimum atomic E-state index is -3.24. The molecule has 1 aromatic carbocycles. The second kappa shape index (κ2) is 3.64. The van der Waals surface area contributed by atoms with Crippen LogP contribution in [0.2, 0.25) is 0 Å². The summed E-state index contributed by atoms with van der Waals surface area (Å²) in [7, 11) is 1.29. The molecule has 2 N–H and O–H groups in total. The Morgan fingerprint density at radius 2 is 2.00 bits per heavy atom. The molecule has 0 amide bonds. The summed E-state index contributed by atoms with van der Waals surface area (Å²) in [5, 5.41) is 0. The van der Waals surface area contributed by atoms with Crippen molar-refractivity contribution in [2.24, 2.45) is 5.73 Å². The first-order chi connectivity index (χ1) is 5.95. The normalized spacial score (nSPS) is 11.8. The van der Waals surface area contributed by atoms with Crippen molar-refractivity contribution in [3.63, 3.8) is 0 Å². The van der Waals surface area contributed by atoms with Crippen molar-refractivity contribution >= 4 is 9.24 Å². The molecule has 0 heterocycles. The standard InChI is InChI=1S/C8H9F3NP/c9-7-2-1-5(4-12)3-6(7)8(10,11)13/h1-3H,4,12-13H2. The van der Waals surface area contributed by atoms with Crippen LogP contribution in [-0.4, -0.2) is 0 Å². The maximum atomic E-state index is 12.9. The maximum Gasteiger partial charge on any atom is 0.286 e. The molecule has 0 saturated heterocycles. The van der Waals surface area contributed by atoms with E-state index in [0.29, 0.717) is 5.56 Å². The monoisotopic (exact) mass is 207 g/mol. The lowest BCUT2D eigenvalue weighted by molar-refractivity contribution is 0.0991.